The van der Waals surface area contributed by atoms with E-state index in [-0.39, 0.29) is 12.4 Å². The van der Waals surface area contributed by atoms with Crippen LogP contribution in [-0.4, -0.2) is 60.0 Å². The number of rotatable bonds is 3. The smallest absolute Gasteiger partial charge is 0.0764 e. The van der Waals surface area contributed by atoms with Crippen LogP contribution in [-0.2, 0) is 0 Å². The van der Waals surface area contributed by atoms with Crippen molar-refractivity contribution in [1.82, 2.24) is 20.0 Å². The third-order valence-electron chi connectivity index (χ3n) is 6.08. The molecule has 2 aliphatic heterocycles. The summed E-state index contributed by atoms with van der Waals surface area (Å²) in [7, 11) is 0. The van der Waals surface area contributed by atoms with Crippen molar-refractivity contribution in [3.05, 3.63) is 54.2 Å². The Morgan fingerprint density at radius 2 is 1.75 bits per heavy atom. The summed E-state index contributed by atoms with van der Waals surface area (Å²) in [5.41, 5.74) is 4.70. The number of piperazine rings is 1. The van der Waals surface area contributed by atoms with E-state index in [0.717, 1.165) is 50.1 Å². The van der Waals surface area contributed by atoms with E-state index in [4.69, 9.17) is 5.10 Å². The first-order valence-electron chi connectivity index (χ1n) is 10.0. The Hall–Kier alpha value is -2.08. The Morgan fingerprint density at radius 3 is 2.46 bits per heavy atom. The highest BCUT2D eigenvalue weighted by Gasteiger charge is 2.26. The maximum atomic E-state index is 4.79. The first-order chi connectivity index (χ1) is 13.3. The van der Waals surface area contributed by atoms with Crippen LogP contribution in [0.2, 0.25) is 0 Å². The topological polar surface area (TPSA) is 36.3 Å². The van der Waals surface area contributed by atoms with Gasteiger partial charge in [0, 0.05) is 49.8 Å². The highest BCUT2D eigenvalue weighted by molar-refractivity contribution is 5.86. The van der Waals surface area contributed by atoms with Crippen molar-refractivity contribution in [2.75, 3.05) is 44.2 Å². The molecule has 28 heavy (non-hydrogen) atoms. The summed E-state index contributed by atoms with van der Waals surface area (Å²) in [4.78, 5) is 5.18. The van der Waals surface area contributed by atoms with E-state index < -0.39 is 0 Å². The Morgan fingerprint density at radius 1 is 0.964 bits per heavy atom. The van der Waals surface area contributed by atoms with Crippen molar-refractivity contribution in [2.45, 2.75) is 19.4 Å². The van der Waals surface area contributed by atoms with E-state index >= 15 is 0 Å². The molecule has 1 atom stereocenters. The van der Waals surface area contributed by atoms with Crippen LogP contribution >= 0.6 is 12.4 Å². The van der Waals surface area contributed by atoms with E-state index in [2.05, 4.69) is 69.2 Å². The van der Waals surface area contributed by atoms with Crippen LogP contribution in [0.4, 0.5) is 5.69 Å². The molecule has 2 aromatic carbocycles. The van der Waals surface area contributed by atoms with Gasteiger partial charge in [-0.3, -0.25) is 4.90 Å². The number of nitrogens with one attached hydrogen (secondary N) is 1. The zero-order valence-corrected chi connectivity index (χ0v) is 17.2. The van der Waals surface area contributed by atoms with Crippen molar-refractivity contribution < 1.29 is 0 Å². The van der Waals surface area contributed by atoms with Crippen molar-refractivity contribution >= 4 is 29.0 Å². The largest absolute Gasteiger partial charge is 0.369 e. The van der Waals surface area contributed by atoms with Gasteiger partial charge in [0.1, 0.15) is 0 Å². The molecule has 0 aliphatic carbocycles. The van der Waals surface area contributed by atoms with E-state index in [1.807, 2.05) is 6.07 Å². The molecule has 6 heteroatoms. The maximum absolute atomic E-state index is 4.79. The normalized spacial score (nSPS) is 20.5. The zero-order valence-electron chi connectivity index (χ0n) is 16.3. The Bertz CT molecular complexity index is 925. The molecule has 3 heterocycles. The number of hydrogen-bond donors (Lipinski definition) is 1. The fourth-order valence-corrected chi connectivity index (χ4v) is 4.52. The summed E-state index contributed by atoms with van der Waals surface area (Å²) < 4.78 is 2.08. The van der Waals surface area contributed by atoms with Crippen molar-refractivity contribution in [3.63, 3.8) is 0 Å². The van der Waals surface area contributed by atoms with Crippen LogP contribution in [0.3, 0.4) is 0 Å². The van der Waals surface area contributed by atoms with Crippen LogP contribution in [0.5, 0.6) is 0 Å². The molecular formula is C22H28ClN5. The molecule has 2 saturated heterocycles. The number of aromatic nitrogens is 2. The Balaban J connectivity index is 0.00000192. The number of nitrogens with zero attached hydrogens (tertiary/aromatic N) is 4. The summed E-state index contributed by atoms with van der Waals surface area (Å²) >= 11 is 0. The van der Waals surface area contributed by atoms with Crippen molar-refractivity contribution in [2.24, 2.45) is 0 Å². The number of hydrogen-bond acceptors (Lipinski definition) is 4. The molecule has 148 valence electrons. The third-order valence-corrected chi connectivity index (χ3v) is 6.08. The number of para-hydroxylation sites is 1. The third kappa shape index (κ3) is 3.50. The lowest BCUT2D eigenvalue weighted by Gasteiger charge is -2.39. The highest BCUT2D eigenvalue weighted by atomic mass is 35.5. The van der Waals surface area contributed by atoms with Gasteiger partial charge >= 0.3 is 0 Å². The molecule has 1 N–H and O–H groups in total. The van der Waals surface area contributed by atoms with E-state index in [1.54, 1.807) is 0 Å². The number of fused-ring (bicyclic) bond motifs is 1. The first-order valence-corrected chi connectivity index (χ1v) is 10.0. The fraction of sp³-hybridized carbons (Fsp3) is 0.409. The van der Waals surface area contributed by atoms with Crippen LogP contribution in [0.15, 0.2) is 48.5 Å². The summed E-state index contributed by atoms with van der Waals surface area (Å²) in [6.45, 7) is 8.92. The molecule has 2 aliphatic rings. The monoisotopic (exact) mass is 397 g/mol. The molecule has 0 bridgehead atoms. The molecule has 2 fully saturated rings. The highest BCUT2D eigenvalue weighted by Crippen LogP contribution is 2.27. The number of anilines is 1. The minimum Gasteiger partial charge on any atom is -0.369 e. The molecule has 5 nitrogen and oxygen atoms in total. The van der Waals surface area contributed by atoms with Gasteiger partial charge in [-0.2, -0.15) is 5.10 Å². The van der Waals surface area contributed by atoms with Gasteiger partial charge in [-0.1, -0.05) is 18.2 Å². The average molecular weight is 398 g/mol. The van der Waals surface area contributed by atoms with E-state index in [1.165, 1.54) is 29.6 Å². The average Bonchev–Trinajstić information content (AvgIpc) is 3.37. The summed E-state index contributed by atoms with van der Waals surface area (Å²) in [5.74, 6) is 0. The molecule has 1 aromatic heterocycles. The molecular weight excluding hydrogens is 370 g/mol. The molecule has 1 unspecified atom stereocenters. The second-order valence-corrected chi connectivity index (χ2v) is 7.70. The van der Waals surface area contributed by atoms with Crippen LogP contribution in [0, 0.1) is 6.92 Å². The molecule has 3 aromatic rings. The molecule has 5 rings (SSSR count). The molecule has 0 amide bonds. The second-order valence-electron chi connectivity index (χ2n) is 7.70. The quantitative estimate of drug-likeness (QED) is 0.736. The lowest BCUT2D eigenvalue weighted by atomic mass is 10.1. The van der Waals surface area contributed by atoms with Crippen LogP contribution in [0.25, 0.3) is 16.6 Å². The number of benzene rings is 2. The summed E-state index contributed by atoms with van der Waals surface area (Å²) in [6.07, 6.45) is 1.29. The predicted molar refractivity (Wildman–Crippen MR) is 118 cm³/mol. The predicted octanol–water partition coefficient (Wildman–Crippen LogP) is 3.24. The van der Waals surface area contributed by atoms with E-state index in [0.29, 0.717) is 0 Å². The lowest BCUT2D eigenvalue weighted by Crippen LogP contribution is -2.51. The minimum absolute atomic E-state index is 0. The maximum Gasteiger partial charge on any atom is 0.0764 e. The second kappa shape index (κ2) is 8.11. The van der Waals surface area contributed by atoms with E-state index in [9.17, 15) is 0 Å². The lowest BCUT2D eigenvalue weighted by molar-refractivity contribution is 0.196. The molecule has 0 spiro atoms. The summed E-state index contributed by atoms with van der Waals surface area (Å²) in [5, 5.41) is 9.52. The number of aryl methyl sites for hydroxylation is 1. The van der Waals surface area contributed by atoms with Gasteiger partial charge in [-0.05, 0) is 50.2 Å². The van der Waals surface area contributed by atoms with Gasteiger partial charge in [-0.25, -0.2) is 4.68 Å². The SMILES string of the molecule is Cc1nn(-c2ccccc2)c2cc(N3CCN(C4CCNC4)CC3)ccc12.Cl. The van der Waals surface area contributed by atoms with Crippen LogP contribution in [0.1, 0.15) is 12.1 Å². The van der Waals surface area contributed by atoms with Crippen LogP contribution < -0.4 is 10.2 Å². The van der Waals surface area contributed by atoms with Gasteiger partial charge < -0.3 is 10.2 Å². The van der Waals surface area contributed by atoms with Gasteiger partial charge in [0.15, 0.2) is 0 Å². The minimum atomic E-state index is 0. The molecule has 0 radical (unpaired) electrons. The first kappa shape index (κ1) is 19.2. The van der Waals surface area contributed by atoms with Gasteiger partial charge in [0.2, 0.25) is 0 Å². The fourth-order valence-electron chi connectivity index (χ4n) is 4.52. The zero-order chi connectivity index (χ0) is 18.2. The van der Waals surface area contributed by atoms with Crippen molar-refractivity contribution in [3.8, 4) is 5.69 Å². The van der Waals surface area contributed by atoms with Crippen molar-refractivity contribution in [1.29, 1.82) is 0 Å². The Kier molecular flexibility index (Phi) is 5.58. The molecule has 0 saturated carbocycles. The Labute approximate surface area is 172 Å². The number of halogens is 1. The van der Waals surface area contributed by atoms with Gasteiger partial charge in [0.05, 0.1) is 16.9 Å². The van der Waals surface area contributed by atoms with Gasteiger partial charge in [0.25, 0.3) is 0 Å². The standard InChI is InChI=1S/C22H27N5.ClH/c1-17-21-8-7-19(15-22(21)27(24-17)18-5-3-2-4-6-18)25-11-13-26(14-12-25)20-9-10-23-16-20;/h2-8,15,20,23H,9-14,16H2,1H3;1H. The van der Waals surface area contributed by atoms with Gasteiger partial charge in [-0.15, -0.1) is 12.4 Å². The summed E-state index contributed by atoms with van der Waals surface area (Å²) in [6, 6.07) is 18.0.